The quantitative estimate of drug-likeness (QED) is 0.544. The van der Waals surface area contributed by atoms with E-state index in [1.807, 2.05) is 0 Å². The summed E-state index contributed by atoms with van der Waals surface area (Å²) in [4.78, 5) is 29.8. The number of amides is 2. The molecule has 2 amide bonds. The van der Waals surface area contributed by atoms with E-state index in [0.29, 0.717) is 49.5 Å². The molecular weight excluding hydrogens is 474 g/mol. The number of halogens is 1. The largest absolute Gasteiger partial charge is 0.490 e. The summed E-state index contributed by atoms with van der Waals surface area (Å²) in [7, 11) is 0. The smallest absolute Gasteiger partial charge is 0.292 e. The highest BCUT2D eigenvalue weighted by atomic mass is 35.5. The van der Waals surface area contributed by atoms with Gasteiger partial charge >= 0.3 is 0 Å². The molecule has 0 bridgehead atoms. The zero-order valence-electron chi connectivity index (χ0n) is 20.2. The van der Waals surface area contributed by atoms with Crippen LogP contribution in [0.3, 0.4) is 0 Å². The van der Waals surface area contributed by atoms with Gasteiger partial charge in [0.2, 0.25) is 11.7 Å². The third kappa shape index (κ3) is 6.74. The molecule has 4 rings (SSSR count). The lowest BCUT2D eigenvalue weighted by Crippen LogP contribution is -2.58. The maximum Gasteiger partial charge on any atom is 0.292 e. The molecule has 9 nitrogen and oxygen atoms in total. The van der Waals surface area contributed by atoms with Crippen LogP contribution >= 0.6 is 11.6 Å². The summed E-state index contributed by atoms with van der Waals surface area (Å²) >= 11 is 6.10. The monoisotopic (exact) mass is 505 g/mol. The molecule has 0 spiro atoms. The average molecular weight is 506 g/mol. The van der Waals surface area contributed by atoms with Gasteiger partial charge in [0.05, 0.1) is 38.5 Å². The SMILES string of the molecule is CC(C)Cc1cc(C(=O)N2CCO[C@@](COc3cccc(Cl)c3)(CC(=O)N3CCOCC3)C2)on1. The Morgan fingerprint density at radius 2 is 1.91 bits per heavy atom. The Bertz CT molecular complexity index is 1020. The number of benzene rings is 1. The van der Waals surface area contributed by atoms with E-state index in [1.165, 1.54) is 0 Å². The van der Waals surface area contributed by atoms with Crippen LogP contribution in [0.25, 0.3) is 0 Å². The van der Waals surface area contributed by atoms with Crippen LogP contribution in [0.15, 0.2) is 34.9 Å². The summed E-state index contributed by atoms with van der Waals surface area (Å²) in [5.41, 5.74) is -0.276. The molecular formula is C25H32ClN3O6. The molecule has 2 fully saturated rings. The van der Waals surface area contributed by atoms with Gasteiger partial charge in [-0.25, -0.2) is 0 Å². The van der Waals surface area contributed by atoms with E-state index in [4.69, 9.17) is 30.3 Å². The van der Waals surface area contributed by atoms with Crippen LogP contribution < -0.4 is 4.74 Å². The molecule has 35 heavy (non-hydrogen) atoms. The van der Waals surface area contributed by atoms with Crippen LogP contribution in [0.1, 0.15) is 36.5 Å². The first-order chi connectivity index (χ1) is 16.8. The van der Waals surface area contributed by atoms with Crippen molar-refractivity contribution in [3.8, 4) is 5.75 Å². The Kier molecular flexibility index (Phi) is 8.30. The number of carbonyl (C=O) groups excluding carboxylic acids is 2. The zero-order chi connectivity index (χ0) is 24.8. The molecule has 0 unspecified atom stereocenters. The minimum atomic E-state index is -1.02. The first kappa shape index (κ1) is 25.5. The van der Waals surface area contributed by atoms with Crippen molar-refractivity contribution in [1.29, 1.82) is 0 Å². The Balaban J connectivity index is 1.51. The molecule has 2 aliphatic heterocycles. The Morgan fingerprint density at radius 1 is 1.14 bits per heavy atom. The van der Waals surface area contributed by atoms with Crippen LogP contribution in [-0.4, -0.2) is 85.0 Å². The summed E-state index contributed by atoms with van der Waals surface area (Å²) in [5, 5.41) is 4.58. The van der Waals surface area contributed by atoms with Crippen molar-refractivity contribution in [2.24, 2.45) is 5.92 Å². The van der Waals surface area contributed by atoms with Gasteiger partial charge < -0.3 is 28.5 Å². The van der Waals surface area contributed by atoms with Gasteiger partial charge in [-0.2, -0.15) is 0 Å². The third-order valence-corrected chi connectivity index (χ3v) is 6.29. The topological polar surface area (TPSA) is 94.3 Å². The molecule has 1 aromatic carbocycles. The Hall–Kier alpha value is -2.62. The molecule has 10 heteroatoms. The number of hydrogen-bond acceptors (Lipinski definition) is 7. The van der Waals surface area contributed by atoms with E-state index >= 15 is 0 Å². The van der Waals surface area contributed by atoms with Crippen LogP contribution in [0, 0.1) is 5.92 Å². The van der Waals surface area contributed by atoms with Crippen molar-refractivity contribution >= 4 is 23.4 Å². The number of aromatic nitrogens is 1. The van der Waals surface area contributed by atoms with Gasteiger partial charge in [-0.15, -0.1) is 0 Å². The van der Waals surface area contributed by atoms with Crippen LogP contribution in [0.5, 0.6) is 5.75 Å². The number of rotatable bonds is 8. The highest BCUT2D eigenvalue weighted by Gasteiger charge is 2.43. The molecule has 2 saturated heterocycles. The summed E-state index contributed by atoms with van der Waals surface area (Å²) in [6.45, 7) is 7.16. The van der Waals surface area contributed by atoms with Gasteiger partial charge in [0.25, 0.3) is 5.91 Å². The summed E-state index contributed by atoms with van der Waals surface area (Å²) in [5.74, 6) is 0.815. The standard InChI is InChI=1S/C25H32ClN3O6/c1-18(2)12-20-14-22(35-27-20)24(31)29-8-11-34-25(16-29,15-23(30)28-6-9-32-10-7-28)17-33-21-5-3-4-19(26)13-21/h3-5,13-14,18H,6-12,15-17H2,1-2H3/t25-/m0/s1. The van der Waals surface area contributed by atoms with E-state index in [9.17, 15) is 9.59 Å². The van der Waals surface area contributed by atoms with E-state index in [1.54, 1.807) is 40.1 Å². The van der Waals surface area contributed by atoms with Crippen LogP contribution in [0.2, 0.25) is 5.02 Å². The molecule has 0 aliphatic carbocycles. The van der Waals surface area contributed by atoms with Crippen molar-refractivity contribution in [3.05, 3.63) is 46.8 Å². The Labute approximate surface area is 210 Å². The van der Waals surface area contributed by atoms with Crippen LogP contribution in [-0.2, 0) is 20.7 Å². The summed E-state index contributed by atoms with van der Waals surface area (Å²) < 4.78 is 22.9. The first-order valence-corrected chi connectivity index (χ1v) is 12.3. The lowest BCUT2D eigenvalue weighted by Gasteiger charge is -2.42. The van der Waals surface area contributed by atoms with E-state index in [0.717, 1.165) is 12.1 Å². The second-order valence-electron chi connectivity index (χ2n) is 9.45. The van der Waals surface area contributed by atoms with Gasteiger partial charge in [-0.3, -0.25) is 9.59 Å². The third-order valence-electron chi connectivity index (χ3n) is 6.06. The van der Waals surface area contributed by atoms with Gasteiger partial charge in [0.1, 0.15) is 18.0 Å². The predicted molar refractivity (Wildman–Crippen MR) is 129 cm³/mol. The normalized spacial score (nSPS) is 20.8. The molecule has 1 atom stereocenters. The van der Waals surface area contributed by atoms with Crippen molar-refractivity contribution < 1.29 is 28.3 Å². The van der Waals surface area contributed by atoms with Crippen molar-refractivity contribution in [2.75, 3.05) is 52.6 Å². The first-order valence-electron chi connectivity index (χ1n) is 12.0. The summed E-state index contributed by atoms with van der Waals surface area (Å²) in [6.07, 6.45) is 0.803. The fourth-order valence-corrected chi connectivity index (χ4v) is 4.50. The number of ether oxygens (including phenoxy) is 3. The summed E-state index contributed by atoms with van der Waals surface area (Å²) in [6, 6.07) is 8.74. The second-order valence-corrected chi connectivity index (χ2v) is 9.89. The maximum atomic E-state index is 13.3. The average Bonchev–Trinajstić information content (AvgIpc) is 3.31. The molecule has 0 radical (unpaired) electrons. The molecule has 3 heterocycles. The molecule has 2 aromatic rings. The lowest BCUT2D eigenvalue weighted by molar-refractivity contribution is -0.155. The molecule has 2 aliphatic rings. The van der Waals surface area contributed by atoms with Gasteiger partial charge in [0, 0.05) is 30.7 Å². The minimum absolute atomic E-state index is 0.0591. The van der Waals surface area contributed by atoms with E-state index in [-0.39, 0.29) is 43.8 Å². The predicted octanol–water partition coefficient (Wildman–Crippen LogP) is 3.07. The number of hydrogen-bond donors (Lipinski definition) is 0. The fourth-order valence-electron chi connectivity index (χ4n) is 4.32. The van der Waals surface area contributed by atoms with Gasteiger partial charge in [-0.1, -0.05) is 36.7 Å². The second kappa shape index (κ2) is 11.4. The highest BCUT2D eigenvalue weighted by molar-refractivity contribution is 6.30. The minimum Gasteiger partial charge on any atom is -0.490 e. The van der Waals surface area contributed by atoms with E-state index < -0.39 is 5.60 Å². The molecule has 0 saturated carbocycles. The fraction of sp³-hybridized carbons (Fsp3) is 0.560. The van der Waals surface area contributed by atoms with Gasteiger partial charge in [0.15, 0.2) is 0 Å². The Morgan fingerprint density at radius 3 is 2.66 bits per heavy atom. The van der Waals surface area contributed by atoms with Crippen LogP contribution in [0.4, 0.5) is 0 Å². The molecule has 1 aromatic heterocycles. The maximum absolute atomic E-state index is 13.3. The van der Waals surface area contributed by atoms with Crippen molar-refractivity contribution in [2.45, 2.75) is 32.3 Å². The lowest BCUT2D eigenvalue weighted by atomic mass is 9.96. The number of carbonyl (C=O) groups is 2. The van der Waals surface area contributed by atoms with Gasteiger partial charge in [-0.05, 0) is 30.5 Å². The molecule has 190 valence electrons. The van der Waals surface area contributed by atoms with Crippen molar-refractivity contribution in [1.82, 2.24) is 15.0 Å². The van der Waals surface area contributed by atoms with Crippen molar-refractivity contribution in [3.63, 3.8) is 0 Å². The number of nitrogens with zero attached hydrogens (tertiary/aromatic N) is 3. The highest BCUT2D eigenvalue weighted by Crippen LogP contribution is 2.27. The van der Waals surface area contributed by atoms with E-state index in [2.05, 4.69) is 19.0 Å². The zero-order valence-corrected chi connectivity index (χ0v) is 21.0. The number of morpholine rings is 2. The molecule has 0 N–H and O–H groups in total.